The molecule has 0 radical (unpaired) electrons. The molecule has 0 amide bonds. The third kappa shape index (κ3) is 4.83. The van der Waals surface area contributed by atoms with Gasteiger partial charge in [0.1, 0.15) is 0 Å². The molecule has 0 bridgehead atoms. The molecule has 3 N–H and O–H groups in total. The van der Waals surface area contributed by atoms with Gasteiger partial charge < -0.3 is 20.5 Å². The van der Waals surface area contributed by atoms with E-state index in [9.17, 15) is 4.79 Å². The molecule has 1 rings (SSSR count). The van der Waals surface area contributed by atoms with Crippen molar-refractivity contribution < 1.29 is 14.3 Å². The van der Waals surface area contributed by atoms with Crippen LogP contribution in [0.3, 0.4) is 0 Å². The number of esters is 1. The molecule has 0 saturated carbocycles. The number of aryl methyl sites for hydroxylation is 1. The third-order valence-corrected chi connectivity index (χ3v) is 3.14. The van der Waals surface area contributed by atoms with Crippen molar-refractivity contribution in [1.29, 1.82) is 0 Å². The van der Waals surface area contributed by atoms with Crippen LogP contribution in [0.5, 0.6) is 0 Å². The molecule has 20 heavy (non-hydrogen) atoms. The van der Waals surface area contributed by atoms with Crippen LogP contribution in [0.15, 0.2) is 18.2 Å². The van der Waals surface area contributed by atoms with Gasteiger partial charge in [-0.1, -0.05) is 6.07 Å². The molecule has 0 aliphatic rings. The van der Waals surface area contributed by atoms with Crippen molar-refractivity contribution in [1.82, 2.24) is 0 Å². The molecule has 1 aromatic carbocycles. The second kappa shape index (κ2) is 8.55. The van der Waals surface area contributed by atoms with Gasteiger partial charge in [-0.2, -0.15) is 0 Å². The lowest BCUT2D eigenvalue weighted by molar-refractivity contribution is 0.0601. The smallest absolute Gasteiger partial charge is 0.337 e. The van der Waals surface area contributed by atoms with Crippen LogP contribution < -0.4 is 11.1 Å². The number of anilines is 1. The van der Waals surface area contributed by atoms with Crippen molar-refractivity contribution in [2.24, 2.45) is 5.73 Å². The Bertz CT molecular complexity index is 435. The number of hydrogen-bond donors (Lipinski definition) is 2. The first kappa shape index (κ1) is 16.5. The fourth-order valence-electron chi connectivity index (χ4n) is 2.00. The Morgan fingerprint density at radius 3 is 2.75 bits per heavy atom. The topological polar surface area (TPSA) is 73.6 Å². The number of hydrogen-bond acceptors (Lipinski definition) is 5. The van der Waals surface area contributed by atoms with Crippen molar-refractivity contribution >= 4 is 11.7 Å². The minimum absolute atomic E-state index is 0.176. The van der Waals surface area contributed by atoms with E-state index in [1.165, 1.54) is 7.11 Å². The van der Waals surface area contributed by atoms with E-state index < -0.39 is 0 Å². The van der Waals surface area contributed by atoms with E-state index in [4.69, 9.17) is 15.2 Å². The Kier molecular flexibility index (Phi) is 7.04. The molecule has 1 aromatic rings. The molecule has 0 spiro atoms. The van der Waals surface area contributed by atoms with Gasteiger partial charge in [-0.15, -0.1) is 0 Å². The third-order valence-electron chi connectivity index (χ3n) is 3.14. The highest BCUT2D eigenvalue weighted by molar-refractivity contribution is 5.90. The zero-order chi connectivity index (χ0) is 15.0. The van der Waals surface area contributed by atoms with Crippen LogP contribution in [0.25, 0.3) is 0 Å². The number of nitrogens with one attached hydrogen (secondary N) is 1. The summed E-state index contributed by atoms with van der Waals surface area (Å²) in [5, 5.41) is 3.41. The Hall–Kier alpha value is -1.59. The van der Waals surface area contributed by atoms with Crippen LogP contribution in [0.2, 0.25) is 0 Å². The normalized spacial score (nSPS) is 12.0. The van der Waals surface area contributed by atoms with E-state index in [1.807, 2.05) is 19.1 Å². The molecule has 0 aromatic heterocycles. The lowest BCUT2D eigenvalue weighted by Gasteiger charge is -2.20. The predicted octanol–water partition coefficient (Wildman–Crippen LogP) is 1.95. The fourth-order valence-corrected chi connectivity index (χ4v) is 2.00. The molecule has 0 saturated heterocycles. The lowest BCUT2D eigenvalue weighted by atomic mass is 10.1. The lowest BCUT2D eigenvalue weighted by Crippen LogP contribution is -2.26. The Balaban J connectivity index is 2.84. The molecule has 0 fully saturated rings. The van der Waals surface area contributed by atoms with Gasteiger partial charge in [-0.3, -0.25) is 0 Å². The zero-order valence-corrected chi connectivity index (χ0v) is 12.4. The van der Waals surface area contributed by atoms with Crippen molar-refractivity contribution in [3.05, 3.63) is 29.3 Å². The molecule has 5 heteroatoms. The molecule has 5 nitrogen and oxygen atoms in total. The quantitative estimate of drug-likeness (QED) is 0.712. The maximum absolute atomic E-state index is 11.6. The van der Waals surface area contributed by atoms with E-state index >= 15 is 0 Å². The van der Waals surface area contributed by atoms with Crippen molar-refractivity contribution in [3.8, 4) is 0 Å². The number of ether oxygens (including phenoxy) is 2. The number of carbonyl (C=O) groups excluding carboxylic acids is 1. The minimum atomic E-state index is -0.335. The van der Waals surface area contributed by atoms with Crippen LogP contribution in [0.1, 0.15) is 28.8 Å². The maximum atomic E-state index is 11.6. The van der Waals surface area contributed by atoms with Crippen LogP contribution in [-0.2, 0) is 9.47 Å². The van der Waals surface area contributed by atoms with Crippen LogP contribution >= 0.6 is 0 Å². The Morgan fingerprint density at radius 2 is 2.15 bits per heavy atom. The summed E-state index contributed by atoms with van der Waals surface area (Å²) in [6.07, 6.45) is 1.85. The first-order valence-electron chi connectivity index (χ1n) is 6.76. The second-order valence-electron chi connectivity index (χ2n) is 4.75. The molecule has 1 atom stereocenters. The predicted molar refractivity (Wildman–Crippen MR) is 80.1 cm³/mol. The monoisotopic (exact) mass is 280 g/mol. The minimum Gasteiger partial charge on any atom is -0.465 e. The highest BCUT2D eigenvalue weighted by Gasteiger charge is 2.12. The van der Waals surface area contributed by atoms with Gasteiger partial charge in [0.25, 0.3) is 0 Å². The number of nitrogens with two attached hydrogens (primary N) is 1. The summed E-state index contributed by atoms with van der Waals surface area (Å²) in [7, 11) is 3.05. The van der Waals surface area contributed by atoms with Gasteiger partial charge in [0.05, 0.1) is 19.3 Å². The van der Waals surface area contributed by atoms with Gasteiger partial charge in [-0.05, 0) is 44.0 Å². The molecule has 0 heterocycles. The number of methoxy groups -OCH3 is 2. The standard InChI is InChI=1S/C15H24N2O3/c1-11-6-7-12(15(18)20-3)9-14(11)17-13(10-19-2)5-4-8-16/h6-7,9,13,17H,4-5,8,10,16H2,1-3H3. The summed E-state index contributed by atoms with van der Waals surface area (Å²) < 4.78 is 9.96. The SMILES string of the molecule is COCC(CCCN)Nc1cc(C(=O)OC)ccc1C. The summed E-state index contributed by atoms with van der Waals surface area (Å²) in [5.74, 6) is -0.335. The molecule has 112 valence electrons. The van der Waals surface area contributed by atoms with Crippen molar-refractivity contribution in [2.75, 3.05) is 32.7 Å². The summed E-state index contributed by atoms with van der Waals surface area (Å²) >= 11 is 0. The second-order valence-corrected chi connectivity index (χ2v) is 4.75. The summed E-state index contributed by atoms with van der Waals surface area (Å²) in [6.45, 7) is 3.25. The van der Waals surface area contributed by atoms with E-state index in [-0.39, 0.29) is 12.0 Å². The van der Waals surface area contributed by atoms with Gasteiger partial charge in [0.15, 0.2) is 0 Å². The number of carbonyl (C=O) groups is 1. The molecular formula is C15H24N2O3. The number of rotatable bonds is 8. The summed E-state index contributed by atoms with van der Waals surface area (Å²) in [4.78, 5) is 11.6. The molecular weight excluding hydrogens is 256 g/mol. The Morgan fingerprint density at radius 1 is 1.40 bits per heavy atom. The average molecular weight is 280 g/mol. The number of benzene rings is 1. The van der Waals surface area contributed by atoms with Gasteiger partial charge >= 0.3 is 5.97 Å². The fraction of sp³-hybridized carbons (Fsp3) is 0.533. The van der Waals surface area contributed by atoms with E-state index in [0.29, 0.717) is 18.7 Å². The summed E-state index contributed by atoms with van der Waals surface area (Å²) in [5.41, 5.74) is 8.08. The van der Waals surface area contributed by atoms with E-state index in [1.54, 1.807) is 13.2 Å². The van der Waals surface area contributed by atoms with E-state index in [0.717, 1.165) is 24.1 Å². The highest BCUT2D eigenvalue weighted by atomic mass is 16.5. The first-order valence-corrected chi connectivity index (χ1v) is 6.76. The summed E-state index contributed by atoms with van der Waals surface area (Å²) in [6, 6.07) is 5.65. The first-order chi connectivity index (χ1) is 9.62. The molecule has 1 unspecified atom stereocenters. The highest BCUT2D eigenvalue weighted by Crippen LogP contribution is 2.19. The van der Waals surface area contributed by atoms with Crippen LogP contribution in [0.4, 0.5) is 5.69 Å². The van der Waals surface area contributed by atoms with Gasteiger partial charge in [0, 0.05) is 18.8 Å². The average Bonchev–Trinajstić information content (AvgIpc) is 2.46. The van der Waals surface area contributed by atoms with Crippen molar-refractivity contribution in [3.63, 3.8) is 0 Å². The van der Waals surface area contributed by atoms with Gasteiger partial charge in [-0.25, -0.2) is 4.79 Å². The van der Waals surface area contributed by atoms with Crippen LogP contribution in [0, 0.1) is 6.92 Å². The molecule has 0 aliphatic carbocycles. The molecule has 0 aliphatic heterocycles. The van der Waals surface area contributed by atoms with E-state index in [2.05, 4.69) is 5.32 Å². The van der Waals surface area contributed by atoms with Crippen LogP contribution in [-0.4, -0.2) is 39.4 Å². The van der Waals surface area contributed by atoms with Gasteiger partial charge in [0.2, 0.25) is 0 Å². The van der Waals surface area contributed by atoms with Crippen molar-refractivity contribution in [2.45, 2.75) is 25.8 Å². The largest absolute Gasteiger partial charge is 0.465 e. The Labute approximate surface area is 120 Å². The maximum Gasteiger partial charge on any atom is 0.337 e. The zero-order valence-electron chi connectivity index (χ0n) is 12.4.